The highest BCUT2D eigenvalue weighted by molar-refractivity contribution is 5.91. The first-order valence-electron chi connectivity index (χ1n) is 8.82. The van der Waals surface area contributed by atoms with Gasteiger partial charge in [0.15, 0.2) is 0 Å². The molecule has 1 spiro atoms. The van der Waals surface area contributed by atoms with Gasteiger partial charge in [-0.15, -0.1) is 0 Å². The van der Waals surface area contributed by atoms with Crippen molar-refractivity contribution in [3.8, 4) is 0 Å². The molecule has 1 aromatic carbocycles. The van der Waals surface area contributed by atoms with Crippen LogP contribution in [0.25, 0.3) is 0 Å². The number of nitrogens with zero attached hydrogens (tertiary/aromatic N) is 1. The minimum absolute atomic E-state index is 0.0156. The van der Waals surface area contributed by atoms with Crippen LogP contribution in [-0.2, 0) is 25.6 Å². The number of hydrogen-bond acceptors (Lipinski definition) is 4. The Balaban J connectivity index is 1.57. The number of fused-ring (bicyclic) bond motifs is 1. The van der Waals surface area contributed by atoms with Gasteiger partial charge in [0.05, 0.1) is 24.7 Å². The predicted octanol–water partition coefficient (Wildman–Crippen LogP) is 2.23. The number of likely N-dealkylation sites (tertiary alicyclic amines) is 1. The molecule has 0 aromatic heterocycles. The second kappa shape index (κ2) is 5.70. The molecule has 0 N–H and O–H groups in total. The molecule has 4 atom stereocenters. The molecule has 5 heteroatoms. The third-order valence-corrected chi connectivity index (χ3v) is 5.30. The van der Waals surface area contributed by atoms with Gasteiger partial charge in [0.1, 0.15) is 11.5 Å². The number of carbonyl (C=O) groups is 2. The normalized spacial score (nSPS) is 32.6. The van der Waals surface area contributed by atoms with Gasteiger partial charge in [-0.25, -0.2) is 0 Å². The zero-order valence-electron chi connectivity index (χ0n) is 14.8. The maximum absolute atomic E-state index is 13.0. The van der Waals surface area contributed by atoms with Crippen LogP contribution in [0.5, 0.6) is 0 Å². The van der Waals surface area contributed by atoms with Crippen molar-refractivity contribution in [2.75, 3.05) is 6.54 Å². The van der Waals surface area contributed by atoms with Crippen LogP contribution in [0.15, 0.2) is 36.4 Å². The minimum Gasteiger partial charge on any atom is -0.463 e. The molecule has 3 aliphatic heterocycles. The lowest BCUT2D eigenvalue weighted by Crippen LogP contribution is -2.40. The van der Waals surface area contributed by atoms with Gasteiger partial charge in [-0.2, -0.15) is 0 Å². The van der Waals surface area contributed by atoms with Gasteiger partial charge in [-0.1, -0.05) is 42.0 Å². The van der Waals surface area contributed by atoms with Crippen LogP contribution in [0.4, 0.5) is 0 Å². The first-order chi connectivity index (χ1) is 11.9. The molecule has 4 rings (SSSR count). The van der Waals surface area contributed by atoms with Crippen molar-refractivity contribution in [1.29, 1.82) is 0 Å². The number of amides is 1. The van der Waals surface area contributed by atoms with E-state index in [-0.39, 0.29) is 24.1 Å². The maximum Gasteiger partial charge on any atom is 0.313 e. The number of aryl methyl sites for hydroxylation is 1. The summed E-state index contributed by atoms with van der Waals surface area (Å²) < 4.78 is 11.5. The van der Waals surface area contributed by atoms with Gasteiger partial charge in [-0.3, -0.25) is 9.59 Å². The molecule has 1 amide bonds. The van der Waals surface area contributed by atoms with Gasteiger partial charge in [0.2, 0.25) is 5.91 Å². The molecule has 25 heavy (non-hydrogen) atoms. The minimum atomic E-state index is -0.673. The number of carbonyl (C=O) groups excluding carboxylic acids is 2. The van der Waals surface area contributed by atoms with E-state index >= 15 is 0 Å². The average Bonchev–Trinajstić information content (AvgIpc) is 3.18. The van der Waals surface area contributed by atoms with Crippen LogP contribution in [0.1, 0.15) is 25.0 Å². The lowest BCUT2D eigenvalue weighted by atomic mass is 9.77. The van der Waals surface area contributed by atoms with Crippen LogP contribution >= 0.6 is 0 Å². The van der Waals surface area contributed by atoms with Crippen molar-refractivity contribution in [3.05, 3.63) is 47.5 Å². The van der Waals surface area contributed by atoms with E-state index in [1.54, 1.807) is 4.90 Å². The summed E-state index contributed by atoms with van der Waals surface area (Å²) in [6.07, 6.45) is 3.33. The summed E-state index contributed by atoms with van der Waals surface area (Å²) in [5.74, 6) is -1.36. The van der Waals surface area contributed by atoms with Gasteiger partial charge in [0.25, 0.3) is 0 Å². The van der Waals surface area contributed by atoms with Crippen LogP contribution in [-0.4, -0.2) is 41.1 Å². The molecule has 0 saturated carbocycles. The summed E-state index contributed by atoms with van der Waals surface area (Å²) in [5, 5.41) is 0. The molecule has 0 radical (unpaired) electrons. The Kier molecular flexibility index (Phi) is 3.72. The van der Waals surface area contributed by atoms with E-state index in [4.69, 9.17) is 9.47 Å². The van der Waals surface area contributed by atoms with Crippen molar-refractivity contribution in [1.82, 2.24) is 4.90 Å². The summed E-state index contributed by atoms with van der Waals surface area (Å²) in [6.45, 7) is 6.69. The SMILES string of the molecule is Cc1ccc(CN2C[C@]34C=C[C@H](O3)[C@H](C(=O)OC(C)C)[C@@H]4C2=O)cc1. The van der Waals surface area contributed by atoms with E-state index in [2.05, 4.69) is 0 Å². The van der Waals surface area contributed by atoms with E-state index < -0.39 is 17.4 Å². The van der Waals surface area contributed by atoms with Crippen LogP contribution in [0.3, 0.4) is 0 Å². The molecule has 1 aromatic rings. The predicted molar refractivity (Wildman–Crippen MR) is 91.5 cm³/mol. The van der Waals surface area contributed by atoms with Crippen LogP contribution in [0.2, 0.25) is 0 Å². The Labute approximate surface area is 147 Å². The number of hydrogen-bond donors (Lipinski definition) is 0. The van der Waals surface area contributed by atoms with E-state index in [0.717, 1.165) is 5.56 Å². The number of rotatable bonds is 4. The fourth-order valence-corrected chi connectivity index (χ4v) is 4.21. The van der Waals surface area contributed by atoms with Crippen LogP contribution in [0, 0.1) is 18.8 Å². The molecule has 3 heterocycles. The third-order valence-electron chi connectivity index (χ3n) is 5.30. The quantitative estimate of drug-likeness (QED) is 0.622. The summed E-state index contributed by atoms with van der Waals surface area (Å²) in [6, 6.07) is 8.15. The Hall–Kier alpha value is -2.14. The summed E-state index contributed by atoms with van der Waals surface area (Å²) in [5.41, 5.74) is 1.59. The molecular formula is C20H23NO4. The second-order valence-electron chi connectivity index (χ2n) is 7.57. The summed E-state index contributed by atoms with van der Waals surface area (Å²) in [7, 11) is 0. The van der Waals surface area contributed by atoms with Gasteiger partial charge < -0.3 is 14.4 Å². The smallest absolute Gasteiger partial charge is 0.313 e. The monoisotopic (exact) mass is 341 g/mol. The molecule has 5 nitrogen and oxygen atoms in total. The molecule has 2 saturated heterocycles. The number of benzene rings is 1. The fourth-order valence-electron chi connectivity index (χ4n) is 4.21. The molecule has 2 fully saturated rings. The topological polar surface area (TPSA) is 55.8 Å². The molecule has 3 aliphatic rings. The lowest BCUT2D eigenvalue weighted by molar-refractivity contribution is -0.157. The van der Waals surface area contributed by atoms with Crippen LogP contribution < -0.4 is 0 Å². The first kappa shape index (κ1) is 16.3. The number of esters is 1. The molecule has 132 valence electrons. The van der Waals surface area contributed by atoms with Gasteiger partial charge >= 0.3 is 5.97 Å². The van der Waals surface area contributed by atoms with Crippen molar-refractivity contribution >= 4 is 11.9 Å². The highest BCUT2D eigenvalue weighted by atomic mass is 16.6. The highest BCUT2D eigenvalue weighted by Crippen LogP contribution is 2.52. The molecular weight excluding hydrogens is 318 g/mol. The zero-order chi connectivity index (χ0) is 17.8. The van der Waals surface area contributed by atoms with Crippen molar-refractivity contribution < 1.29 is 19.1 Å². The zero-order valence-corrected chi connectivity index (χ0v) is 14.8. The Morgan fingerprint density at radius 1 is 1.36 bits per heavy atom. The first-order valence-corrected chi connectivity index (χ1v) is 8.82. The van der Waals surface area contributed by atoms with Crippen molar-refractivity contribution in [2.24, 2.45) is 11.8 Å². The second-order valence-corrected chi connectivity index (χ2v) is 7.57. The van der Waals surface area contributed by atoms with Crippen molar-refractivity contribution in [2.45, 2.75) is 45.1 Å². The summed E-state index contributed by atoms with van der Waals surface area (Å²) in [4.78, 5) is 27.4. The number of ether oxygens (including phenoxy) is 2. The van der Waals surface area contributed by atoms with Gasteiger partial charge in [-0.05, 0) is 26.3 Å². The Morgan fingerprint density at radius 3 is 2.76 bits per heavy atom. The van der Waals surface area contributed by atoms with Gasteiger partial charge in [0, 0.05) is 6.54 Å². The third kappa shape index (κ3) is 2.58. The highest BCUT2D eigenvalue weighted by Gasteiger charge is 2.67. The maximum atomic E-state index is 13.0. The Bertz CT molecular complexity index is 739. The molecule has 0 unspecified atom stereocenters. The fraction of sp³-hybridized carbons (Fsp3) is 0.500. The molecule has 0 aliphatic carbocycles. The average molecular weight is 341 g/mol. The molecule has 2 bridgehead atoms. The van der Waals surface area contributed by atoms with E-state index in [9.17, 15) is 9.59 Å². The van der Waals surface area contributed by atoms with E-state index in [1.165, 1.54) is 5.56 Å². The van der Waals surface area contributed by atoms with E-state index in [1.807, 2.05) is 57.2 Å². The standard InChI is InChI=1S/C20H23NO4/c1-12(2)24-19(23)16-15-8-9-20(25-15)11-21(18(22)17(16)20)10-14-6-4-13(3)5-7-14/h4-9,12,15-17H,10-11H2,1-3H3/t15-,16-,17+,20-/m0/s1. The largest absolute Gasteiger partial charge is 0.463 e. The Morgan fingerprint density at radius 2 is 2.08 bits per heavy atom. The van der Waals surface area contributed by atoms with E-state index in [0.29, 0.717) is 13.1 Å². The lowest BCUT2D eigenvalue weighted by Gasteiger charge is -2.23. The van der Waals surface area contributed by atoms with Crippen molar-refractivity contribution in [3.63, 3.8) is 0 Å². The summed E-state index contributed by atoms with van der Waals surface area (Å²) >= 11 is 0.